The Morgan fingerprint density at radius 3 is 2.09 bits per heavy atom. The lowest BCUT2D eigenvalue weighted by Crippen LogP contribution is -2.58. The fourth-order valence-corrected chi connectivity index (χ4v) is 10.7. The van der Waals surface area contributed by atoms with Gasteiger partial charge in [0.2, 0.25) is 0 Å². The largest absolute Gasteiger partial charge is 0.393 e. The van der Waals surface area contributed by atoms with Crippen LogP contribution in [-0.4, -0.2) is 11.2 Å². The Balaban J connectivity index is 1.47. The summed E-state index contributed by atoms with van der Waals surface area (Å²) in [5.41, 5.74) is 1.42. The molecule has 0 heterocycles. The van der Waals surface area contributed by atoms with Gasteiger partial charge in [-0.3, -0.25) is 0 Å². The van der Waals surface area contributed by atoms with Crippen LogP contribution in [0.25, 0.3) is 0 Å². The van der Waals surface area contributed by atoms with E-state index in [4.69, 9.17) is 0 Å². The minimum atomic E-state index is -0.0457. The zero-order valence-corrected chi connectivity index (χ0v) is 22.9. The van der Waals surface area contributed by atoms with Gasteiger partial charge in [0.1, 0.15) is 0 Å². The zero-order chi connectivity index (χ0) is 23.5. The third-order valence-corrected chi connectivity index (χ3v) is 12.8. The van der Waals surface area contributed by atoms with Gasteiger partial charge < -0.3 is 5.11 Å². The molecule has 4 aliphatic carbocycles. The number of aliphatic hydroxyl groups is 1. The summed E-state index contributed by atoms with van der Waals surface area (Å²) in [5.74, 6) is 7.18. The topological polar surface area (TPSA) is 20.2 Å². The molecule has 0 amide bonds. The molecule has 0 radical (unpaired) electrons. The lowest BCUT2D eigenvalue weighted by molar-refractivity contribution is -0.171. The van der Waals surface area contributed by atoms with E-state index in [1.165, 1.54) is 57.8 Å². The maximum Gasteiger partial charge on any atom is 0.0545 e. The lowest BCUT2D eigenvalue weighted by Gasteiger charge is -2.65. The molecule has 4 fully saturated rings. The third kappa shape index (κ3) is 3.93. The Morgan fingerprint density at radius 1 is 0.750 bits per heavy atom. The minimum absolute atomic E-state index is 0.0457. The van der Waals surface area contributed by atoms with Crippen molar-refractivity contribution in [2.75, 3.05) is 0 Å². The van der Waals surface area contributed by atoms with Gasteiger partial charge in [-0.1, -0.05) is 61.8 Å². The molecule has 0 aliphatic heterocycles. The molecule has 0 spiro atoms. The van der Waals surface area contributed by atoms with Crippen molar-refractivity contribution in [3.05, 3.63) is 0 Å². The predicted molar refractivity (Wildman–Crippen MR) is 137 cm³/mol. The van der Waals surface area contributed by atoms with E-state index in [2.05, 4.69) is 55.4 Å². The highest BCUT2D eigenvalue weighted by Crippen LogP contribution is 2.71. The standard InChI is InChI=1S/C31H56O/c1-20(2)24(21(3)4)10-9-22(5)26-11-12-27-25-14-16-29(6)19-23(32)13-18-31(29,8)28(25)15-17-30(26,27)7/h20-28,32H,9-19H2,1-8H3/t22-,23+,25+,26-,27+,28+,29+,30-,31-/m1/s1. The second-order valence-corrected chi connectivity index (χ2v) is 14.7. The molecule has 4 saturated carbocycles. The smallest absolute Gasteiger partial charge is 0.0545 e. The van der Waals surface area contributed by atoms with Crippen molar-refractivity contribution in [1.82, 2.24) is 0 Å². The quantitative estimate of drug-likeness (QED) is 0.434. The predicted octanol–water partition coefficient (Wildman–Crippen LogP) is 8.74. The molecular formula is C31H56O. The number of hydrogen-bond donors (Lipinski definition) is 1. The monoisotopic (exact) mass is 444 g/mol. The first-order valence-electron chi connectivity index (χ1n) is 14.6. The number of hydrogen-bond acceptors (Lipinski definition) is 1. The molecule has 186 valence electrons. The molecule has 0 aromatic heterocycles. The molecule has 32 heavy (non-hydrogen) atoms. The molecular weight excluding hydrogens is 388 g/mol. The first-order valence-corrected chi connectivity index (χ1v) is 14.6. The van der Waals surface area contributed by atoms with Crippen LogP contribution in [0.15, 0.2) is 0 Å². The van der Waals surface area contributed by atoms with Gasteiger partial charge in [0.25, 0.3) is 0 Å². The van der Waals surface area contributed by atoms with E-state index in [1.54, 1.807) is 0 Å². The van der Waals surface area contributed by atoms with Crippen molar-refractivity contribution in [2.45, 2.75) is 132 Å². The summed E-state index contributed by atoms with van der Waals surface area (Å²) in [5, 5.41) is 10.5. The molecule has 9 atom stereocenters. The molecule has 4 aliphatic rings. The van der Waals surface area contributed by atoms with Crippen LogP contribution in [0.4, 0.5) is 0 Å². The molecule has 4 rings (SSSR count). The highest BCUT2D eigenvalue weighted by atomic mass is 16.3. The summed E-state index contributed by atoms with van der Waals surface area (Å²) in [6.07, 6.45) is 14.9. The van der Waals surface area contributed by atoms with E-state index in [1.807, 2.05) is 0 Å². The van der Waals surface area contributed by atoms with Crippen LogP contribution in [0.3, 0.4) is 0 Å². The van der Waals surface area contributed by atoms with Gasteiger partial charge >= 0.3 is 0 Å². The maximum atomic E-state index is 10.5. The summed E-state index contributed by atoms with van der Waals surface area (Å²) >= 11 is 0. The maximum absolute atomic E-state index is 10.5. The third-order valence-electron chi connectivity index (χ3n) is 12.8. The minimum Gasteiger partial charge on any atom is -0.393 e. The first kappa shape index (κ1) is 25.1. The van der Waals surface area contributed by atoms with Gasteiger partial charge in [0, 0.05) is 0 Å². The first-order chi connectivity index (χ1) is 14.9. The van der Waals surface area contributed by atoms with Crippen LogP contribution in [0.2, 0.25) is 0 Å². The Bertz CT molecular complexity index is 645. The Morgan fingerprint density at radius 2 is 1.44 bits per heavy atom. The number of fused-ring (bicyclic) bond motifs is 5. The molecule has 0 saturated heterocycles. The number of aliphatic hydroxyl groups excluding tert-OH is 1. The summed E-state index contributed by atoms with van der Waals surface area (Å²) in [4.78, 5) is 0. The van der Waals surface area contributed by atoms with Gasteiger partial charge in [-0.2, -0.15) is 0 Å². The van der Waals surface area contributed by atoms with Crippen LogP contribution in [-0.2, 0) is 0 Å². The van der Waals surface area contributed by atoms with Crippen molar-refractivity contribution in [1.29, 1.82) is 0 Å². The fraction of sp³-hybridized carbons (Fsp3) is 1.00. The molecule has 1 heteroatoms. The molecule has 1 N–H and O–H groups in total. The summed E-state index contributed by atoms with van der Waals surface area (Å²) in [6, 6.07) is 0. The fourth-order valence-electron chi connectivity index (χ4n) is 10.7. The van der Waals surface area contributed by atoms with Crippen LogP contribution >= 0.6 is 0 Å². The van der Waals surface area contributed by atoms with Crippen molar-refractivity contribution < 1.29 is 5.11 Å². The van der Waals surface area contributed by atoms with Crippen LogP contribution in [0, 0.1) is 63.6 Å². The van der Waals surface area contributed by atoms with E-state index >= 15 is 0 Å². The van der Waals surface area contributed by atoms with E-state index in [9.17, 15) is 5.11 Å². The van der Waals surface area contributed by atoms with Gasteiger partial charge in [-0.05, 0) is 128 Å². The molecule has 0 bridgehead atoms. The summed E-state index contributed by atoms with van der Waals surface area (Å²) < 4.78 is 0. The van der Waals surface area contributed by atoms with Gasteiger partial charge in [-0.15, -0.1) is 0 Å². The molecule has 0 aromatic carbocycles. The highest BCUT2D eigenvalue weighted by molar-refractivity contribution is 5.12. The second kappa shape index (κ2) is 8.87. The van der Waals surface area contributed by atoms with Gasteiger partial charge in [0.05, 0.1) is 6.10 Å². The van der Waals surface area contributed by atoms with Crippen molar-refractivity contribution >= 4 is 0 Å². The van der Waals surface area contributed by atoms with E-state index < -0.39 is 0 Å². The van der Waals surface area contributed by atoms with Crippen LogP contribution in [0.1, 0.15) is 126 Å². The Hall–Kier alpha value is -0.0400. The Labute approximate surface area is 200 Å². The molecule has 0 aromatic rings. The van der Waals surface area contributed by atoms with E-state index in [0.29, 0.717) is 16.2 Å². The molecule has 1 nitrogen and oxygen atoms in total. The number of rotatable bonds is 6. The van der Waals surface area contributed by atoms with Crippen molar-refractivity contribution in [3.8, 4) is 0 Å². The van der Waals surface area contributed by atoms with E-state index in [0.717, 1.165) is 60.2 Å². The van der Waals surface area contributed by atoms with Crippen molar-refractivity contribution in [2.24, 2.45) is 63.6 Å². The Kier molecular flexibility index (Phi) is 6.95. The highest BCUT2D eigenvalue weighted by Gasteiger charge is 2.63. The SMILES string of the molecule is CC(C)C(CC[C@@H](C)[C@H]1CC[C@H]2[C@@H]3CC[C@@]4(C)C[C@@H](O)CC[C@]4(C)[C@H]3CC[C@]12C)C(C)C. The van der Waals surface area contributed by atoms with Gasteiger partial charge in [-0.25, -0.2) is 0 Å². The zero-order valence-electron chi connectivity index (χ0n) is 22.9. The normalized spacial score (nSPS) is 47.4. The van der Waals surface area contributed by atoms with Crippen LogP contribution in [0.5, 0.6) is 0 Å². The van der Waals surface area contributed by atoms with Crippen molar-refractivity contribution in [3.63, 3.8) is 0 Å². The average Bonchev–Trinajstić information content (AvgIpc) is 3.05. The van der Waals surface area contributed by atoms with E-state index in [-0.39, 0.29) is 6.10 Å². The molecule has 0 unspecified atom stereocenters. The summed E-state index contributed by atoms with van der Waals surface area (Å²) in [7, 11) is 0. The summed E-state index contributed by atoms with van der Waals surface area (Å²) in [6.45, 7) is 20.3. The lowest BCUT2D eigenvalue weighted by atomic mass is 9.40. The second-order valence-electron chi connectivity index (χ2n) is 14.7. The van der Waals surface area contributed by atoms with Gasteiger partial charge in [0.15, 0.2) is 0 Å². The van der Waals surface area contributed by atoms with Crippen LogP contribution < -0.4 is 0 Å². The average molecular weight is 445 g/mol.